The highest BCUT2D eigenvalue weighted by Crippen LogP contribution is 2.26. The van der Waals surface area contributed by atoms with Crippen LogP contribution in [-0.4, -0.2) is 11.1 Å². The zero-order valence-electron chi connectivity index (χ0n) is 7.37. The van der Waals surface area contributed by atoms with E-state index in [1.54, 1.807) is 24.3 Å². The molecule has 0 fully saturated rings. The van der Waals surface area contributed by atoms with Crippen LogP contribution in [0.5, 0.6) is 0 Å². The number of hydrogen-bond acceptors (Lipinski definition) is 2. The van der Waals surface area contributed by atoms with E-state index in [-0.39, 0.29) is 0 Å². The summed E-state index contributed by atoms with van der Waals surface area (Å²) >= 11 is 11.6. The lowest BCUT2D eigenvalue weighted by molar-refractivity contribution is -0.132. The van der Waals surface area contributed by atoms with E-state index >= 15 is 0 Å². The average Bonchev–Trinajstić information content (AvgIpc) is 2.17. The Morgan fingerprint density at radius 3 is 2.33 bits per heavy atom. The third-order valence-corrected chi connectivity index (χ3v) is 2.30. The van der Waals surface area contributed by atoms with Crippen molar-refractivity contribution in [3.63, 3.8) is 0 Å². The van der Waals surface area contributed by atoms with Gasteiger partial charge in [0.2, 0.25) is 0 Å². The fraction of sp³-hybridized carbons (Fsp3) is 0. The van der Waals surface area contributed by atoms with Gasteiger partial charge in [0.15, 0.2) is 0 Å². The molecule has 1 aromatic carbocycles. The van der Waals surface area contributed by atoms with E-state index in [4.69, 9.17) is 33.6 Å². The summed E-state index contributed by atoms with van der Waals surface area (Å²) in [7, 11) is 0. The van der Waals surface area contributed by atoms with Crippen molar-refractivity contribution < 1.29 is 9.90 Å². The molecule has 0 bridgehead atoms. The number of benzene rings is 1. The van der Waals surface area contributed by atoms with Crippen molar-refractivity contribution in [3.8, 4) is 6.07 Å². The number of carboxylic acids is 1. The summed E-state index contributed by atoms with van der Waals surface area (Å²) in [6.07, 6.45) is 1.15. The number of nitriles is 1. The summed E-state index contributed by atoms with van der Waals surface area (Å²) in [5, 5.41) is 17.8. The molecular weight excluding hydrogens is 237 g/mol. The van der Waals surface area contributed by atoms with Gasteiger partial charge < -0.3 is 5.11 Å². The SMILES string of the molecule is N#C/C(=C/c1c(Cl)cccc1Cl)C(=O)O. The lowest BCUT2D eigenvalue weighted by Crippen LogP contribution is -1.97. The van der Waals surface area contributed by atoms with Crippen LogP contribution in [0, 0.1) is 11.3 Å². The smallest absolute Gasteiger partial charge is 0.346 e. The maximum absolute atomic E-state index is 10.6. The largest absolute Gasteiger partial charge is 0.477 e. The number of carboxylic acid groups (broad SMARTS) is 1. The molecule has 76 valence electrons. The minimum atomic E-state index is -1.31. The van der Waals surface area contributed by atoms with Gasteiger partial charge in [0, 0.05) is 15.6 Å². The summed E-state index contributed by atoms with van der Waals surface area (Å²) < 4.78 is 0. The molecule has 1 N–H and O–H groups in total. The molecule has 0 amide bonds. The van der Waals surface area contributed by atoms with Crippen LogP contribution in [0.4, 0.5) is 0 Å². The topological polar surface area (TPSA) is 61.1 Å². The highest BCUT2D eigenvalue weighted by atomic mass is 35.5. The van der Waals surface area contributed by atoms with Crippen LogP contribution in [-0.2, 0) is 4.79 Å². The lowest BCUT2D eigenvalue weighted by Gasteiger charge is -2.00. The molecule has 0 heterocycles. The van der Waals surface area contributed by atoms with E-state index in [2.05, 4.69) is 0 Å². The predicted octanol–water partition coefficient (Wildman–Crippen LogP) is 2.98. The van der Waals surface area contributed by atoms with Crippen LogP contribution in [0.15, 0.2) is 23.8 Å². The minimum Gasteiger partial charge on any atom is -0.477 e. The second kappa shape index (κ2) is 4.83. The third-order valence-electron chi connectivity index (χ3n) is 1.64. The molecule has 0 aliphatic carbocycles. The van der Waals surface area contributed by atoms with E-state index in [1.807, 2.05) is 0 Å². The molecule has 0 saturated carbocycles. The van der Waals surface area contributed by atoms with Crippen molar-refractivity contribution in [2.75, 3.05) is 0 Å². The van der Waals surface area contributed by atoms with E-state index in [0.717, 1.165) is 6.08 Å². The van der Waals surface area contributed by atoms with Gasteiger partial charge in [-0.3, -0.25) is 0 Å². The van der Waals surface area contributed by atoms with Gasteiger partial charge in [-0.05, 0) is 18.2 Å². The molecule has 0 atom stereocenters. The van der Waals surface area contributed by atoms with Gasteiger partial charge in [-0.1, -0.05) is 29.3 Å². The summed E-state index contributed by atoms with van der Waals surface area (Å²) in [5.74, 6) is -1.31. The second-order valence-electron chi connectivity index (χ2n) is 2.61. The molecule has 1 rings (SSSR count). The quantitative estimate of drug-likeness (QED) is 0.640. The summed E-state index contributed by atoms with van der Waals surface area (Å²) in [4.78, 5) is 10.6. The van der Waals surface area contributed by atoms with Crippen molar-refractivity contribution >= 4 is 35.2 Å². The summed E-state index contributed by atoms with van der Waals surface area (Å²) in [5.41, 5.74) is -0.0789. The van der Waals surface area contributed by atoms with Gasteiger partial charge in [0.1, 0.15) is 11.6 Å². The molecule has 0 unspecified atom stereocenters. The Hall–Kier alpha value is -1.50. The molecule has 0 aromatic heterocycles. The maximum atomic E-state index is 10.6. The van der Waals surface area contributed by atoms with E-state index in [0.29, 0.717) is 15.6 Å². The van der Waals surface area contributed by atoms with Crippen molar-refractivity contribution in [1.29, 1.82) is 5.26 Å². The number of carbonyl (C=O) groups is 1. The fourth-order valence-corrected chi connectivity index (χ4v) is 1.44. The predicted molar refractivity (Wildman–Crippen MR) is 57.7 cm³/mol. The molecule has 0 saturated heterocycles. The molecule has 3 nitrogen and oxygen atoms in total. The summed E-state index contributed by atoms with van der Waals surface area (Å²) in [6, 6.07) is 6.31. The van der Waals surface area contributed by atoms with Gasteiger partial charge in [-0.25, -0.2) is 4.79 Å². The Labute approximate surface area is 96.2 Å². The van der Waals surface area contributed by atoms with Gasteiger partial charge in [-0.15, -0.1) is 0 Å². The standard InChI is InChI=1S/C10H5Cl2NO2/c11-8-2-1-3-9(12)7(8)4-6(5-13)10(14)15/h1-4H,(H,14,15)/b6-4-. The Kier molecular flexibility index (Phi) is 3.73. The minimum absolute atomic E-state index is 0.302. The van der Waals surface area contributed by atoms with Crippen molar-refractivity contribution in [3.05, 3.63) is 39.4 Å². The monoisotopic (exact) mass is 241 g/mol. The highest BCUT2D eigenvalue weighted by molar-refractivity contribution is 6.37. The first kappa shape index (κ1) is 11.6. The van der Waals surface area contributed by atoms with Crippen molar-refractivity contribution in [2.45, 2.75) is 0 Å². The van der Waals surface area contributed by atoms with Crippen molar-refractivity contribution in [2.24, 2.45) is 0 Å². The Morgan fingerprint density at radius 2 is 1.93 bits per heavy atom. The fourth-order valence-electron chi connectivity index (χ4n) is 0.935. The summed E-state index contributed by atoms with van der Waals surface area (Å²) in [6.45, 7) is 0. The van der Waals surface area contributed by atoms with Gasteiger partial charge in [0.05, 0.1) is 0 Å². The molecular formula is C10H5Cl2NO2. The molecule has 0 radical (unpaired) electrons. The number of rotatable bonds is 2. The first-order chi connectivity index (χ1) is 7.06. The number of nitrogens with zero attached hydrogens (tertiary/aromatic N) is 1. The Morgan fingerprint density at radius 1 is 1.40 bits per heavy atom. The molecule has 0 aliphatic rings. The van der Waals surface area contributed by atoms with E-state index in [1.165, 1.54) is 0 Å². The van der Waals surface area contributed by atoms with Crippen LogP contribution in [0.2, 0.25) is 10.0 Å². The Bertz CT molecular complexity index is 455. The lowest BCUT2D eigenvalue weighted by atomic mass is 10.1. The van der Waals surface area contributed by atoms with Crippen LogP contribution in [0.3, 0.4) is 0 Å². The normalized spacial score (nSPS) is 10.9. The van der Waals surface area contributed by atoms with Crippen LogP contribution < -0.4 is 0 Å². The zero-order valence-corrected chi connectivity index (χ0v) is 8.88. The molecule has 1 aromatic rings. The second-order valence-corrected chi connectivity index (χ2v) is 3.42. The number of hydrogen-bond donors (Lipinski definition) is 1. The molecule has 0 aliphatic heterocycles. The van der Waals surface area contributed by atoms with Gasteiger partial charge >= 0.3 is 5.97 Å². The Balaban J connectivity index is 3.30. The molecule has 15 heavy (non-hydrogen) atoms. The van der Waals surface area contributed by atoms with Crippen LogP contribution >= 0.6 is 23.2 Å². The molecule has 5 heteroatoms. The molecule has 0 spiro atoms. The van der Waals surface area contributed by atoms with E-state index in [9.17, 15) is 4.79 Å². The van der Waals surface area contributed by atoms with Gasteiger partial charge in [0.25, 0.3) is 0 Å². The third kappa shape index (κ3) is 2.72. The van der Waals surface area contributed by atoms with Crippen molar-refractivity contribution in [1.82, 2.24) is 0 Å². The van der Waals surface area contributed by atoms with E-state index < -0.39 is 11.5 Å². The first-order valence-corrected chi connectivity index (χ1v) is 4.61. The van der Waals surface area contributed by atoms with Crippen LogP contribution in [0.1, 0.15) is 5.56 Å². The van der Waals surface area contributed by atoms with Crippen LogP contribution in [0.25, 0.3) is 6.08 Å². The maximum Gasteiger partial charge on any atom is 0.346 e. The average molecular weight is 242 g/mol. The zero-order chi connectivity index (χ0) is 11.4. The first-order valence-electron chi connectivity index (χ1n) is 3.85. The number of aliphatic carboxylic acids is 1. The highest BCUT2D eigenvalue weighted by Gasteiger charge is 2.09. The number of halogens is 2. The van der Waals surface area contributed by atoms with Gasteiger partial charge in [-0.2, -0.15) is 5.26 Å².